The second-order valence-electron chi connectivity index (χ2n) is 5.33. The summed E-state index contributed by atoms with van der Waals surface area (Å²) >= 11 is 0. The van der Waals surface area contributed by atoms with Crippen LogP contribution >= 0.6 is 0 Å². The van der Waals surface area contributed by atoms with Crippen LogP contribution in [-0.2, 0) is 26.9 Å². The normalized spacial score (nSPS) is 11.4. The largest absolute Gasteiger partial charge is 0.748 e. The summed E-state index contributed by atoms with van der Waals surface area (Å²) < 4.78 is 58.4. The Hall–Kier alpha value is -2.94. The minimum atomic E-state index is -3.92. The van der Waals surface area contributed by atoms with E-state index < -0.39 is 20.2 Å². The van der Waals surface area contributed by atoms with Crippen molar-refractivity contribution in [1.29, 1.82) is 0 Å². The van der Waals surface area contributed by atoms with Crippen molar-refractivity contribution in [3.63, 3.8) is 0 Å². The van der Waals surface area contributed by atoms with Gasteiger partial charge < -0.3 is 19.5 Å². The van der Waals surface area contributed by atoms with Gasteiger partial charge in [0.2, 0.25) is 0 Å². The van der Waals surface area contributed by atoms with Gasteiger partial charge in [-0.05, 0) is 0 Å². The molecule has 0 aliphatic heterocycles. The first-order chi connectivity index (χ1) is 13.3. The van der Waals surface area contributed by atoms with Gasteiger partial charge in [-0.15, -0.1) is 9.13 Å². The van der Waals surface area contributed by atoms with E-state index in [-0.39, 0.29) is 0 Å². The lowest BCUT2D eigenvalue weighted by molar-refractivity contribution is -0.913. The molecule has 2 aromatic rings. The van der Waals surface area contributed by atoms with Crippen molar-refractivity contribution in [3.8, 4) is 0 Å². The van der Waals surface area contributed by atoms with E-state index in [1.807, 2.05) is 58.2 Å². The molecule has 0 atom stereocenters. The highest BCUT2D eigenvalue weighted by Crippen LogP contribution is 1.91. The Balaban J connectivity index is 0.000000653. The average Bonchev–Trinajstić information content (AvgIpc) is 2.56. The van der Waals surface area contributed by atoms with Gasteiger partial charge in [-0.25, -0.2) is 16.8 Å². The lowest BCUT2D eigenvalue weighted by Crippen LogP contribution is -2.50. The molecule has 160 valence electrons. The van der Waals surface area contributed by atoms with E-state index in [1.54, 1.807) is 0 Å². The van der Waals surface area contributed by atoms with E-state index in [9.17, 15) is 0 Å². The van der Waals surface area contributed by atoms with Crippen molar-refractivity contribution >= 4 is 32.7 Å². The van der Waals surface area contributed by atoms with Crippen LogP contribution in [0.3, 0.4) is 0 Å². The summed E-state index contributed by atoms with van der Waals surface area (Å²) in [6.07, 6.45) is 11.5. The summed E-state index contributed by atoms with van der Waals surface area (Å²) in [5.74, 6) is 0. The van der Waals surface area contributed by atoms with E-state index in [4.69, 9.17) is 36.4 Å². The van der Waals surface area contributed by atoms with Gasteiger partial charge in [0, 0.05) is 47.9 Å². The van der Waals surface area contributed by atoms with Crippen molar-refractivity contribution in [2.24, 2.45) is 10.3 Å². The summed E-state index contributed by atoms with van der Waals surface area (Å²) in [5, 5.41) is 22.8. The molecule has 14 heteroatoms. The van der Waals surface area contributed by atoms with Gasteiger partial charge in [0.1, 0.15) is 0 Å². The summed E-state index contributed by atoms with van der Waals surface area (Å²) in [6.45, 7) is 0.660. The quantitative estimate of drug-likeness (QED) is 0.190. The fourth-order valence-corrected chi connectivity index (χ4v) is 1.62. The Morgan fingerprint density at radius 3 is 1.24 bits per heavy atom. The minimum absolute atomic E-state index is 0.604. The third-order valence-electron chi connectivity index (χ3n) is 2.57. The number of hydrogen-bond acceptors (Lipinski definition) is 10. The molecule has 0 bridgehead atoms. The van der Waals surface area contributed by atoms with Crippen LogP contribution in [0.15, 0.2) is 59.4 Å². The van der Waals surface area contributed by atoms with Crippen LogP contribution in [0.1, 0.15) is 11.1 Å². The maximum absolute atomic E-state index is 9.08. The molecule has 0 saturated heterocycles. The molecule has 0 amide bonds. The summed E-state index contributed by atoms with van der Waals surface area (Å²) in [7, 11) is -7.83. The molecule has 0 saturated carbocycles. The zero-order chi connectivity index (χ0) is 22.5. The summed E-state index contributed by atoms with van der Waals surface area (Å²) in [6, 6.07) is 7.42. The Labute approximate surface area is 168 Å². The number of rotatable bonds is 4. The second-order valence-corrected chi connectivity index (χ2v) is 8.15. The first-order valence-electron chi connectivity index (χ1n) is 7.46. The standard InChI is InChI=1S/C13H12N4O2.2CH4O3S/c18-14-9-12-1-5-16(6-2-12)11-17-7-3-13(4-8-17)10-15-19;2*1-5(2,3)4/h1-10H,11H2;2*1H3,(H,2,3,4). The van der Waals surface area contributed by atoms with E-state index in [0.29, 0.717) is 19.2 Å². The molecule has 0 unspecified atom stereocenters. The number of aromatic nitrogens is 2. The molecular formula is C15H20N4O8S2. The van der Waals surface area contributed by atoms with Crippen LogP contribution in [0, 0.1) is 0 Å². The summed E-state index contributed by atoms with van der Waals surface area (Å²) in [4.78, 5) is 0. The Morgan fingerprint density at radius 2 is 1.03 bits per heavy atom. The highest BCUT2D eigenvalue weighted by atomic mass is 32.2. The maximum atomic E-state index is 9.08. The molecule has 2 aromatic heterocycles. The molecule has 0 radical (unpaired) electrons. The van der Waals surface area contributed by atoms with Gasteiger partial charge in [-0.1, -0.05) is 10.3 Å². The number of pyridine rings is 2. The van der Waals surface area contributed by atoms with E-state index in [0.717, 1.165) is 11.1 Å². The van der Waals surface area contributed by atoms with Gasteiger partial charge in [0.15, 0.2) is 24.8 Å². The predicted molar refractivity (Wildman–Crippen MR) is 98.7 cm³/mol. The molecule has 2 N–H and O–H groups in total. The van der Waals surface area contributed by atoms with Gasteiger partial charge in [-0.3, -0.25) is 0 Å². The van der Waals surface area contributed by atoms with Crippen molar-refractivity contribution in [1.82, 2.24) is 0 Å². The van der Waals surface area contributed by atoms with Gasteiger partial charge in [-0.2, -0.15) is 0 Å². The Bertz CT molecular complexity index is 904. The zero-order valence-corrected chi connectivity index (χ0v) is 17.1. The minimum Gasteiger partial charge on any atom is -0.748 e. The Kier molecular flexibility index (Phi) is 11.2. The smallest absolute Gasteiger partial charge is 0.343 e. The highest BCUT2D eigenvalue weighted by molar-refractivity contribution is 7.85. The third kappa shape index (κ3) is 18.2. The SMILES string of the molecule is CS(=O)(=O)[O-].CS(=O)(=O)[O-].O/N=C\c1cc[n+](C[n+]2ccc(/C=N\O)cc2)cc1. The summed E-state index contributed by atoms with van der Waals surface area (Å²) in [5.41, 5.74) is 1.66. The van der Waals surface area contributed by atoms with Crippen molar-refractivity contribution in [3.05, 3.63) is 60.2 Å². The van der Waals surface area contributed by atoms with Crippen LogP contribution in [0.2, 0.25) is 0 Å². The topological polar surface area (TPSA) is 187 Å². The molecule has 2 rings (SSSR count). The molecule has 0 spiro atoms. The second kappa shape index (κ2) is 12.5. The first-order valence-corrected chi connectivity index (χ1v) is 11.1. The van der Waals surface area contributed by atoms with Crippen molar-refractivity contribution in [2.45, 2.75) is 6.67 Å². The van der Waals surface area contributed by atoms with E-state index in [1.165, 1.54) is 12.4 Å². The van der Waals surface area contributed by atoms with Crippen molar-refractivity contribution in [2.75, 3.05) is 12.5 Å². The van der Waals surface area contributed by atoms with Crippen molar-refractivity contribution < 1.29 is 45.5 Å². The lowest BCUT2D eigenvalue weighted by Gasteiger charge is -1.95. The van der Waals surface area contributed by atoms with Crippen LogP contribution in [-0.4, -0.2) is 61.3 Å². The molecule has 2 heterocycles. The van der Waals surface area contributed by atoms with Crippen LogP contribution in [0.5, 0.6) is 0 Å². The number of oxime groups is 2. The number of nitrogens with zero attached hydrogens (tertiary/aromatic N) is 4. The highest BCUT2D eigenvalue weighted by Gasteiger charge is 2.07. The van der Waals surface area contributed by atoms with Crippen LogP contribution < -0.4 is 9.13 Å². The lowest BCUT2D eigenvalue weighted by atomic mass is 10.3. The van der Waals surface area contributed by atoms with Gasteiger partial charge >= 0.3 is 6.67 Å². The van der Waals surface area contributed by atoms with Crippen LogP contribution in [0.4, 0.5) is 0 Å². The van der Waals surface area contributed by atoms with E-state index >= 15 is 0 Å². The molecule has 12 nitrogen and oxygen atoms in total. The molecule has 29 heavy (non-hydrogen) atoms. The van der Waals surface area contributed by atoms with Gasteiger partial charge in [0.05, 0.1) is 32.7 Å². The molecule has 0 aliphatic carbocycles. The monoisotopic (exact) mass is 448 g/mol. The van der Waals surface area contributed by atoms with E-state index in [2.05, 4.69) is 10.3 Å². The molecule has 0 aliphatic rings. The maximum Gasteiger partial charge on any atom is 0.343 e. The zero-order valence-electron chi connectivity index (χ0n) is 15.4. The molecule has 0 fully saturated rings. The van der Waals surface area contributed by atoms with Gasteiger partial charge in [0.25, 0.3) is 0 Å². The predicted octanol–water partition coefficient (Wildman–Crippen LogP) is -1.29. The fourth-order valence-electron chi connectivity index (χ4n) is 1.62. The molecular weight excluding hydrogens is 428 g/mol. The van der Waals surface area contributed by atoms with Crippen LogP contribution in [0.25, 0.3) is 0 Å². The molecule has 0 aromatic carbocycles. The third-order valence-corrected chi connectivity index (χ3v) is 2.57. The average molecular weight is 448 g/mol. The first kappa shape index (κ1) is 26.1. The number of hydrogen-bond donors (Lipinski definition) is 2. The Morgan fingerprint density at radius 1 is 0.793 bits per heavy atom. The fraction of sp³-hybridized carbons (Fsp3) is 0.200.